The maximum atomic E-state index is 8.52. The minimum Gasteiger partial charge on any atom is -0.672 e. The maximum Gasteiger partial charge on any atom is 3.00 e. The molecule has 0 spiro atoms. The molecule has 0 aromatic carbocycles. The zero-order valence-electron chi connectivity index (χ0n) is 7.46. The molecule has 0 amide bonds. The molecule has 0 aliphatic heterocycles. The summed E-state index contributed by atoms with van der Waals surface area (Å²) in [6.07, 6.45) is 0. The molecule has 0 aliphatic carbocycles. The molecule has 0 aliphatic rings. The Kier molecular flexibility index (Phi) is 70.6. The third-order valence-electron chi connectivity index (χ3n) is 0. The van der Waals surface area contributed by atoms with E-state index in [-0.39, 0.29) is 66.4 Å². The van der Waals surface area contributed by atoms with Gasteiger partial charge in [0.15, 0.2) is 0 Å². The first-order chi connectivity index (χ1) is 5.20. The normalized spacial score (nSPS) is 4.80. The van der Waals surface area contributed by atoms with Gasteiger partial charge < -0.3 is 42.2 Å². The summed E-state index contributed by atoms with van der Waals surface area (Å²) in [6, 6.07) is 0. The molecule has 0 atom stereocenters. The quantitative estimate of drug-likeness (QED) is 0.384. The second kappa shape index (κ2) is 29.4. The van der Waals surface area contributed by atoms with E-state index in [1.807, 2.05) is 0 Å². The van der Waals surface area contributed by atoms with Crippen molar-refractivity contribution in [2.45, 2.75) is 0 Å². The molecule has 0 saturated heterocycles. The summed E-state index contributed by atoms with van der Waals surface area (Å²) in [7, 11) is -10.9. The smallest absolute Gasteiger partial charge is 0.672 e. The Hall–Kier alpha value is 1.01. The molecule has 0 N–H and O–H groups in total. The summed E-state index contributed by atoms with van der Waals surface area (Å²) in [6.45, 7) is 0. The van der Waals surface area contributed by atoms with Crippen LogP contribution in [0.25, 0.3) is 0 Å². The van der Waals surface area contributed by atoms with Gasteiger partial charge in [0.25, 0.3) is 0 Å². The van der Waals surface area contributed by atoms with Gasteiger partial charge >= 0.3 is 66.4 Å². The molecule has 0 heterocycles. The van der Waals surface area contributed by atoms with Gasteiger partial charge in [-0.1, -0.05) is 0 Å². The molecule has 9 nitrogen and oxygen atoms in total. The first kappa shape index (κ1) is 36.0. The van der Waals surface area contributed by atoms with Gasteiger partial charge in [0.05, 0.1) is 0 Å². The Bertz CT molecular complexity index is 123. The first-order valence-corrected chi connectivity index (χ1v) is 5.51. The van der Waals surface area contributed by atoms with Gasteiger partial charge in [-0.15, -0.1) is 0 Å². The molecule has 0 aromatic rings. The minimum absolute atomic E-state index is 0. The van der Waals surface area contributed by atoms with E-state index in [4.69, 9.17) is 42.2 Å². The number of hydrogen-bond acceptors (Lipinski definition) is 9. The van der Waals surface area contributed by atoms with Crippen molar-refractivity contribution in [3.05, 3.63) is 0 Å². The zero-order chi connectivity index (χ0) is 10.7. The largest absolute Gasteiger partial charge is 3.00 e. The summed E-state index contributed by atoms with van der Waals surface area (Å²) in [4.78, 5) is 51.1. The van der Waals surface area contributed by atoms with E-state index >= 15 is 0 Å². The van der Waals surface area contributed by atoms with Crippen LogP contribution in [0.1, 0.15) is 0 Å². The molecule has 0 aromatic heterocycles. The van der Waals surface area contributed by atoms with E-state index in [0.29, 0.717) is 0 Å². The van der Waals surface area contributed by atoms with E-state index in [1.165, 1.54) is 0 Å². The molecule has 0 bridgehead atoms. The molecule has 0 rings (SSSR count). The van der Waals surface area contributed by atoms with Crippen LogP contribution in [-0.4, -0.2) is 44.9 Å². The van der Waals surface area contributed by atoms with E-state index in [9.17, 15) is 0 Å². The average Bonchev–Trinajstić information content (AvgIpc) is 1.54. The predicted molar refractivity (Wildman–Crippen MR) is 25.1 cm³/mol. The minimum atomic E-state index is -3.63. The first-order valence-electron chi connectivity index (χ1n) is 1.84. The Morgan fingerprint density at radius 1 is 0.600 bits per heavy atom. The molecule has 15 heteroatoms. The fourth-order valence-corrected chi connectivity index (χ4v) is 0. The van der Waals surface area contributed by atoms with Crippen molar-refractivity contribution < 1.29 is 91.2 Å². The average molecular weight is 344 g/mol. The van der Waals surface area contributed by atoms with Crippen molar-refractivity contribution in [3.63, 3.8) is 0 Å². The summed E-state index contributed by atoms with van der Waals surface area (Å²) in [5.74, 6) is 0. The van der Waals surface area contributed by atoms with Crippen LogP contribution >= 0.6 is 0 Å². The molecule has 15 heavy (non-hydrogen) atoms. The molecule has 0 saturated carbocycles. The monoisotopic (exact) mass is 342 g/mol. The van der Waals surface area contributed by atoms with Crippen molar-refractivity contribution in [3.8, 4) is 0 Å². The van der Waals surface area contributed by atoms with E-state index in [2.05, 4.69) is 0 Å². The van der Waals surface area contributed by atoms with Gasteiger partial charge in [-0.3, -0.25) is 0 Å². The van der Waals surface area contributed by atoms with Crippen LogP contribution in [0.4, 0.5) is 0 Å². The van der Waals surface area contributed by atoms with Crippen LogP contribution in [0, 0.1) is 0 Å². The van der Waals surface area contributed by atoms with Crippen LogP contribution in [0.15, 0.2) is 0 Å². The van der Waals surface area contributed by atoms with Crippen LogP contribution in [0.3, 0.4) is 0 Å². The molecule has 0 fully saturated rings. The molecule has 0 radical (unpaired) electrons. The number of rotatable bonds is 0. The second-order valence-corrected chi connectivity index (χ2v) is 2.25. The fraction of sp³-hybridized carbons (Fsp3) is 0. The zero-order valence-corrected chi connectivity index (χ0v) is 16.6. The molecule has 72 valence electrons. The molecular weight excluding hydrogens is 344 g/mol. The Morgan fingerprint density at radius 2 is 0.600 bits per heavy atom. The standard InChI is InChI=1S/Al.Na.3O3Si.Zn/c;;3*1-4(2)3;/q+3;+1;3*-2;+2. The van der Waals surface area contributed by atoms with E-state index in [1.54, 1.807) is 0 Å². The third-order valence-corrected chi connectivity index (χ3v) is 0. The van der Waals surface area contributed by atoms with Crippen LogP contribution in [0.5, 0.6) is 0 Å². The summed E-state index contributed by atoms with van der Waals surface area (Å²) >= 11 is 0. The van der Waals surface area contributed by atoms with Gasteiger partial charge in [0.2, 0.25) is 0 Å². The van der Waals surface area contributed by atoms with Gasteiger partial charge in [-0.25, -0.2) is 0 Å². The van der Waals surface area contributed by atoms with Crippen molar-refractivity contribution in [1.82, 2.24) is 0 Å². The molecular formula is AlNaO9Si3Zn. The number of hydrogen-bond donors (Lipinski definition) is 0. The summed E-state index contributed by atoms with van der Waals surface area (Å²) in [5.41, 5.74) is 0. The SMILES string of the molecule is O=[Si]([O-])[O-].O=[Si]([O-])[O-].O=[Si]([O-])[O-].[Al+3].[Na+].[Zn+2]. The maximum absolute atomic E-state index is 8.52. The van der Waals surface area contributed by atoms with Gasteiger partial charge in [0.1, 0.15) is 0 Å². The second-order valence-electron chi connectivity index (χ2n) is 0.750. The Labute approximate surface area is 135 Å². The third kappa shape index (κ3) is 2510. The van der Waals surface area contributed by atoms with Crippen molar-refractivity contribution in [2.24, 2.45) is 0 Å². The predicted octanol–water partition coefficient (Wildman–Crippen LogP) is -12.0. The van der Waals surface area contributed by atoms with Crippen molar-refractivity contribution >= 4 is 44.9 Å². The Balaban J connectivity index is -0.0000000184. The molecule has 0 unspecified atom stereocenters. The van der Waals surface area contributed by atoms with Crippen LogP contribution < -0.4 is 58.3 Å². The summed E-state index contributed by atoms with van der Waals surface area (Å²) in [5, 5.41) is 0. The van der Waals surface area contributed by atoms with Gasteiger partial charge in [-0.05, 0) is 0 Å². The van der Waals surface area contributed by atoms with Gasteiger partial charge in [-0.2, -0.15) is 0 Å². The van der Waals surface area contributed by atoms with E-state index < -0.39 is 27.5 Å². The van der Waals surface area contributed by atoms with Crippen molar-refractivity contribution in [2.75, 3.05) is 0 Å². The van der Waals surface area contributed by atoms with Crippen LogP contribution in [0.2, 0.25) is 0 Å². The summed E-state index contributed by atoms with van der Waals surface area (Å²) < 4.78 is 25.6. The topological polar surface area (TPSA) is 190 Å². The van der Waals surface area contributed by atoms with E-state index in [0.717, 1.165) is 0 Å². The van der Waals surface area contributed by atoms with Crippen molar-refractivity contribution in [1.29, 1.82) is 0 Å². The Morgan fingerprint density at radius 3 is 0.600 bits per heavy atom. The van der Waals surface area contributed by atoms with Gasteiger partial charge in [0, 0.05) is 27.5 Å². The fourth-order valence-electron chi connectivity index (χ4n) is 0. The van der Waals surface area contributed by atoms with Crippen LogP contribution in [-0.2, 0) is 32.9 Å².